The summed E-state index contributed by atoms with van der Waals surface area (Å²) in [5.41, 5.74) is 1.96. The summed E-state index contributed by atoms with van der Waals surface area (Å²) in [5.74, 6) is 1.31. The summed E-state index contributed by atoms with van der Waals surface area (Å²) in [5, 5.41) is 20.9. The standard InChI is InChI=1S/C23H28O6/c1-26-19-8-3-16(4-9-19)13-28-15-18-7-12-21(24)23(22(18)25)29-14-17-5-10-20(27-2)11-6-17/h3-12,18,21-25H,13-15H2,1-2H3/t18-,21+,22-,23-/m1/s1. The van der Waals surface area contributed by atoms with E-state index in [9.17, 15) is 10.2 Å². The monoisotopic (exact) mass is 400 g/mol. The predicted molar refractivity (Wildman–Crippen MR) is 109 cm³/mol. The van der Waals surface area contributed by atoms with E-state index in [1.54, 1.807) is 26.4 Å². The van der Waals surface area contributed by atoms with Crippen molar-refractivity contribution >= 4 is 0 Å². The third-order valence-electron chi connectivity index (χ3n) is 5.01. The highest BCUT2D eigenvalue weighted by Gasteiger charge is 2.35. The lowest BCUT2D eigenvalue weighted by atomic mass is 9.89. The minimum absolute atomic E-state index is 0.252. The van der Waals surface area contributed by atoms with E-state index in [1.165, 1.54) is 0 Å². The Morgan fingerprint density at radius 3 is 1.86 bits per heavy atom. The van der Waals surface area contributed by atoms with E-state index in [4.69, 9.17) is 18.9 Å². The van der Waals surface area contributed by atoms with Gasteiger partial charge < -0.3 is 29.2 Å². The largest absolute Gasteiger partial charge is 0.497 e. The van der Waals surface area contributed by atoms with Gasteiger partial charge in [0.05, 0.1) is 40.1 Å². The van der Waals surface area contributed by atoms with Crippen LogP contribution in [0.15, 0.2) is 60.7 Å². The molecule has 0 saturated heterocycles. The van der Waals surface area contributed by atoms with Gasteiger partial charge in [-0.1, -0.05) is 36.4 Å². The fourth-order valence-corrected chi connectivity index (χ4v) is 3.23. The van der Waals surface area contributed by atoms with Crippen LogP contribution in [0.25, 0.3) is 0 Å². The summed E-state index contributed by atoms with van der Waals surface area (Å²) in [4.78, 5) is 0. The molecule has 0 heterocycles. The molecule has 0 saturated carbocycles. The summed E-state index contributed by atoms with van der Waals surface area (Å²) in [6.07, 6.45) is 1.02. The summed E-state index contributed by atoms with van der Waals surface area (Å²) in [6.45, 7) is 1.05. The first-order valence-electron chi connectivity index (χ1n) is 9.60. The molecular weight excluding hydrogens is 372 g/mol. The predicted octanol–water partition coefficient (Wildman–Crippen LogP) is 2.71. The van der Waals surface area contributed by atoms with Crippen LogP contribution in [-0.4, -0.2) is 49.4 Å². The van der Waals surface area contributed by atoms with Crippen molar-refractivity contribution in [1.29, 1.82) is 0 Å². The maximum absolute atomic E-state index is 10.7. The lowest BCUT2D eigenvalue weighted by Gasteiger charge is -2.34. The van der Waals surface area contributed by atoms with Crippen molar-refractivity contribution in [2.45, 2.75) is 31.5 Å². The van der Waals surface area contributed by atoms with Crippen LogP contribution in [0.5, 0.6) is 11.5 Å². The van der Waals surface area contributed by atoms with Crippen LogP contribution in [0.1, 0.15) is 11.1 Å². The molecular formula is C23H28O6. The number of aliphatic hydroxyl groups is 2. The highest BCUT2D eigenvalue weighted by atomic mass is 16.5. The number of hydrogen-bond donors (Lipinski definition) is 2. The minimum atomic E-state index is -0.860. The Bertz CT molecular complexity index is 771. The second-order valence-electron chi connectivity index (χ2n) is 7.02. The Labute approximate surface area is 171 Å². The highest BCUT2D eigenvalue weighted by molar-refractivity contribution is 5.27. The van der Waals surface area contributed by atoms with E-state index in [0.717, 1.165) is 22.6 Å². The van der Waals surface area contributed by atoms with Gasteiger partial charge in [-0.15, -0.1) is 0 Å². The van der Waals surface area contributed by atoms with Crippen molar-refractivity contribution in [3.63, 3.8) is 0 Å². The van der Waals surface area contributed by atoms with E-state index in [1.807, 2.05) is 48.5 Å². The second kappa shape index (κ2) is 10.4. The van der Waals surface area contributed by atoms with Crippen molar-refractivity contribution in [2.24, 2.45) is 5.92 Å². The topological polar surface area (TPSA) is 77.4 Å². The van der Waals surface area contributed by atoms with Crippen molar-refractivity contribution in [2.75, 3.05) is 20.8 Å². The molecule has 0 spiro atoms. The molecule has 0 bridgehead atoms. The van der Waals surface area contributed by atoms with Crippen molar-refractivity contribution in [3.05, 3.63) is 71.8 Å². The van der Waals surface area contributed by atoms with Crippen LogP contribution < -0.4 is 9.47 Å². The summed E-state index contributed by atoms with van der Waals surface area (Å²) >= 11 is 0. The molecule has 0 aliphatic heterocycles. The Kier molecular flexibility index (Phi) is 7.66. The smallest absolute Gasteiger partial charge is 0.118 e. The first-order valence-corrected chi connectivity index (χ1v) is 9.60. The number of ether oxygens (including phenoxy) is 4. The quantitative estimate of drug-likeness (QED) is 0.631. The lowest BCUT2D eigenvalue weighted by Crippen LogP contribution is -2.46. The van der Waals surface area contributed by atoms with Crippen molar-refractivity contribution in [3.8, 4) is 11.5 Å². The average Bonchev–Trinajstić information content (AvgIpc) is 2.76. The van der Waals surface area contributed by atoms with Gasteiger partial charge in [-0.25, -0.2) is 0 Å². The molecule has 2 N–H and O–H groups in total. The first-order chi connectivity index (χ1) is 14.1. The Morgan fingerprint density at radius 1 is 0.759 bits per heavy atom. The maximum Gasteiger partial charge on any atom is 0.118 e. The Morgan fingerprint density at radius 2 is 1.31 bits per heavy atom. The zero-order chi connectivity index (χ0) is 20.6. The fraction of sp³-hybridized carbons (Fsp3) is 0.391. The molecule has 1 aliphatic rings. The third-order valence-corrected chi connectivity index (χ3v) is 5.01. The van der Waals surface area contributed by atoms with E-state index in [2.05, 4.69) is 0 Å². The molecule has 1 aliphatic carbocycles. The molecule has 0 fully saturated rings. The molecule has 4 atom stereocenters. The zero-order valence-corrected chi connectivity index (χ0v) is 16.7. The molecule has 2 aromatic rings. The highest BCUT2D eigenvalue weighted by Crippen LogP contribution is 2.24. The van der Waals surface area contributed by atoms with Gasteiger partial charge >= 0.3 is 0 Å². The van der Waals surface area contributed by atoms with Gasteiger partial charge in [0.1, 0.15) is 23.7 Å². The molecule has 0 aromatic heterocycles. The van der Waals surface area contributed by atoms with E-state index < -0.39 is 18.3 Å². The molecule has 2 aromatic carbocycles. The molecule has 6 heteroatoms. The van der Waals surface area contributed by atoms with Crippen LogP contribution in [0.4, 0.5) is 0 Å². The van der Waals surface area contributed by atoms with Crippen LogP contribution in [0.2, 0.25) is 0 Å². The van der Waals surface area contributed by atoms with E-state index in [-0.39, 0.29) is 12.5 Å². The lowest BCUT2D eigenvalue weighted by molar-refractivity contribution is -0.119. The third kappa shape index (κ3) is 5.81. The number of rotatable bonds is 9. The Balaban J connectivity index is 1.50. The van der Waals surface area contributed by atoms with E-state index in [0.29, 0.717) is 13.2 Å². The van der Waals surface area contributed by atoms with Gasteiger partial charge in [0, 0.05) is 5.92 Å². The van der Waals surface area contributed by atoms with Gasteiger partial charge in [0.25, 0.3) is 0 Å². The molecule has 0 amide bonds. The van der Waals surface area contributed by atoms with Gasteiger partial charge in [0.15, 0.2) is 0 Å². The van der Waals surface area contributed by atoms with Crippen LogP contribution in [-0.2, 0) is 22.7 Å². The fourth-order valence-electron chi connectivity index (χ4n) is 3.23. The van der Waals surface area contributed by atoms with Gasteiger partial charge in [-0.05, 0) is 35.4 Å². The molecule has 6 nitrogen and oxygen atoms in total. The first kappa shape index (κ1) is 21.3. The maximum atomic E-state index is 10.7. The summed E-state index contributed by atoms with van der Waals surface area (Å²) in [7, 11) is 3.24. The number of methoxy groups -OCH3 is 2. The van der Waals surface area contributed by atoms with Crippen molar-refractivity contribution < 1.29 is 29.2 Å². The van der Waals surface area contributed by atoms with Gasteiger partial charge in [0.2, 0.25) is 0 Å². The summed E-state index contributed by atoms with van der Waals surface area (Å²) < 4.78 is 21.9. The van der Waals surface area contributed by atoms with Gasteiger partial charge in [-0.2, -0.15) is 0 Å². The molecule has 156 valence electrons. The Hall–Kier alpha value is -2.38. The van der Waals surface area contributed by atoms with Crippen LogP contribution >= 0.6 is 0 Å². The van der Waals surface area contributed by atoms with Crippen molar-refractivity contribution in [1.82, 2.24) is 0 Å². The van der Waals surface area contributed by atoms with Gasteiger partial charge in [-0.3, -0.25) is 0 Å². The molecule has 0 radical (unpaired) electrons. The normalized spacial score (nSPS) is 23.7. The summed E-state index contributed by atoms with van der Waals surface area (Å²) in [6, 6.07) is 15.1. The number of benzene rings is 2. The zero-order valence-electron chi connectivity index (χ0n) is 16.7. The second-order valence-corrected chi connectivity index (χ2v) is 7.02. The van der Waals surface area contributed by atoms with Crippen LogP contribution in [0.3, 0.4) is 0 Å². The SMILES string of the molecule is COc1ccc(COC[C@H]2C=C[C@H](O)[C@@H](OCc3ccc(OC)cc3)[C@@H]2O)cc1. The van der Waals surface area contributed by atoms with Crippen LogP contribution in [0, 0.1) is 5.92 Å². The average molecular weight is 400 g/mol. The molecule has 29 heavy (non-hydrogen) atoms. The van der Waals surface area contributed by atoms with E-state index >= 15 is 0 Å². The molecule has 3 rings (SSSR count). The number of hydrogen-bond acceptors (Lipinski definition) is 6. The minimum Gasteiger partial charge on any atom is -0.497 e. The molecule has 0 unspecified atom stereocenters. The number of aliphatic hydroxyl groups excluding tert-OH is 2.